The van der Waals surface area contributed by atoms with Gasteiger partial charge in [0.15, 0.2) is 5.13 Å². The topological polar surface area (TPSA) is 42.0 Å². The number of carbonyl (C=O) groups excluding carboxylic acids is 1. The molecule has 0 unspecified atom stereocenters. The first-order valence-electron chi connectivity index (χ1n) is 4.11. The number of alkyl halides is 1. The number of nitrogens with zero attached hydrogens (tertiary/aromatic N) is 1. The summed E-state index contributed by atoms with van der Waals surface area (Å²) >= 11 is 7.00. The molecule has 1 saturated carbocycles. The first kappa shape index (κ1) is 8.97. The van der Waals surface area contributed by atoms with Gasteiger partial charge in [-0.15, -0.1) is 22.9 Å². The maximum absolute atomic E-state index is 11.3. The number of amides is 1. The number of halogens is 1. The van der Waals surface area contributed by atoms with E-state index in [0.29, 0.717) is 11.0 Å². The number of thiazole rings is 1. The minimum Gasteiger partial charge on any atom is -0.302 e. The molecule has 0 saturated heterocycles. The molecule has 0 spiro atoms. The molecule has 1 fully saturated rings. The summed E-state index contributed by atoms with van der Waals surface area (Å²) in [5, 5.41) is 5.28. The zero-order chi connectivity index (χ0) is 9.26. The molecule has 0 aliphatic heterocycles. The third-order valence-electron chi connectivity index (χ3n) is 1.87. The minimum atomic E-state index is 0.0930. The Morgan fingerprint density at radius 2 is 2.54 bits per heavy atom. The molecule has 1 N–H and O–H groups in total. The van der Waals surface area contributed by atoms with Crippen LogP contribution in [0.4, 0.5) is 5.13 Å². The Bertz CT molecular complexity index is 322. The van der Waals surface area contributed by atoms with Crippen LogP contribution in [0.25, 0.3) is 0 Å². The standard InChI is InChI=1S/C8H9ClN2OS/c9-3-6-4-13-8(10-6)11-7(12)5-1-2-5/h4-5H,1-3H2,(H,10,11,12). The van der Waals surface area contributed by atoms with Crippen LogP contribution in [0.5, 0.6) is 0 Å². The summed E-state index contributed by atoms with van der Waals surface area (Å²) in [6, 6.07) is 0. The highest BCUT2D eigenvalue weighted by molar-refractivity contribution is 7.13. The smallest absolute Gasteiger partial charge is 0.229 e. The van der Waals surface area contributed by atoms with E-state index in [9.17, 15) is 4.79 Å². The van der Waals surface area contributed by atoms with E-state index in [0.717, 1.165) is 18.5 Å². The van der Waals surface area contributed by atoms with Gasteiger partial charge in [-0.25, -0.2) is 4.98 Å². The predicted octanol–water partition coefficient (Wildman–Crippen LogP) is 2.23. The lowest BCUT2D eigenvalue weighted by molar-refractivity contribution is -0.117. The lowest BCUT2D eigenvalue weighted by Gasteiger charge is -1.97. The third-order valence-corrected chi connectivity index (χ3v) is 2.95. The molecule has 0 aromatic carbocycles. The lowest BCUT2D eigenvalue weighted by atomic mass is 10.4. The number of aromatic nitrogens is 1. The zero-order valence-corrected chi connectivity index (χ0v) is 8.49. The molecule has 1 heterocycles. The van der Waals surface area contributed by atoms with Crippen LogP contribution in [0.15, 0.2) is 5.38 Å². The van der Waals surface area contributed by atoms with Gasteiger partial charge in [0.2, 0.25) is 5.91 Å². The highest BCUT2D eigenvalue weighted by atomic mass is 35.5. The van der Waals surface area contributed by atoms with Crippen molar-refractivity contribution in [1.82, 2.24) is 4.98 Å². The van der Waals surface area contributed by atoms with Gasteiger partial charge in [0.05, 0.1) is 11.6 Å². The highest BCUT2D eigenvalue weighted by Crippen LogP contribution is 2.30. The van der Waals surface area contributed by atoms with Crippen LogP contribution >= 0.6 is 22.9 Å². The Balaban J connectivity index is 1.96. The second-order valence-corrected chi connectivity index (χ2v) is 4.17. The van der Waals surface area contributed by atoms with Crippen LogP contribution in [0.1, 0.15) is 18.5 Å². The van der Waals surface area contributed by atoms with Crippen molar-refractivity contribution in [1.29, 1.82) is 0 Å². The van der Waals surface area contributed by atoms with Crippen LogP contribution in [-0.2, 0) is 10.7 Å². The van der Waals surface area contributed by atoms with Crippen molar-refractivity contribution in [3.05, 3.63) is 11.1 Å². The molecule has 1 amide bonds. The number of hydrogen-bond acceptors (Lipinski definition) is 3. The monoisotopic (exact) mass is 216 g/mol. The summed E-state index contributed by atoms with van der Waals surface area (Å²) in [4.78, 5) is 15.4. The van der Waals surface area contributed by atoms with Gasteiger partial charge in [0.1, 0.15) is 0 Å². The summed E-state index contributed by atoms with van der Waals surface area (Å²) < 4.78 is 0. The Labute approximate surface area is 85.1 Å². The summed E-state index contributed by atoms with van der Waals surface area (Å²) in [6.07, 6.45) is 2.03. The Hall–Kier alpha value is -0.610. The van der Waals surface area contributed by atoms with Gasteiger partial charge in [0, 0.05) is 11.3 Å². The third kappa shape index (κ3) is 2.19. The van der Waals surface area contributed by atoms with Crippen LogP contribution in [0.2, 0.25) is 0 Å². The van der Waals surface area contributed by atoms with E-state index < -0.39 is 0 Å². The molecule has 70 valence electrons. The fourth-order valence-electron chi connectivity index (χ4n) is 0.979. The molecule has 3 nitrogen and oxygen atoms in total. The van der Waals surface area contributed by atoms with Gasteiger partial charge in [0.25, 0.3) is 0 Å². The molecular formula is C8H9ClN2OS. The summed E-state index contributed by atoms with van der Waals surface area (Å²) in [7, 11) is 0. The first-order valence-corrected chi connectivity index (χ1v) is 5.52. The summed E-state index contributed by atoms with van der Waals surface area (Å²) in [5.41, 5.74) is 0.817. The first-order chi connectivity index (χ1) is 6.29. The SMILES string of the molecule is O=C(Nc1nc(CCl)cs1)C1CC1. The van der Waals surface area contributed by atoms with Gasteiger partial charge in [-0.2, -0.15) is 0 Å². The fraction of sp³-hybridized carbons (Fsp3) is 0.500. The largest absolute Gasteiger partial charge is 0.302 e. The molecule has 0 radical (unpaired) electrons. The molecule has 1 aliphatic carbocycles. The van der Waals surface area contributed by atoms with Crippen molar-refractivity contribution >= 4 is 34.0 Å². The Kier molecular flexibility index (Phi) is 2.51. The van der Waals surface area contributed by atoms with E-state index in [-0.39, 0.29) is 11.8 Å². The van der Waals surface area contributed by atoms with Crippen LogP contribution in [0.3, 0.4) is 0 Å². The van der Waals surface area contributed by atoms with Crippen molar-refractivity contribution < 1.29 is 4.79 Å². The molecule has 1 aromatic heterocycles. The second-order valence-electron chi connectivity index (χ2n) is 3.04. The maximum Gasteiger partial charge on any atom is 0.229 e. The van der Waals surface area contributed by atoms with Crippen molar-refractivity contribution in [3.63, 3.8) is 0 Å². The second kappa shape index (κ2) is 3.64. The van der Waals surface area contributed by atoms with Crippen LogP contribution < -0.4 is 5.32 Å². The Morgan fingerprint density at radius 3 is 3.08 bits per heavy atom. The highest BCUT2D eigenvalue weighted by Gasteiger charge is 2.29. The minimum absolute atomic E-state index is 0.0930. The fourth-order valence-corrected chi connectivity index (χ4v) is 1.92. The van der Waals surface area contributed by atoms with E-state index in [1.54, 1.807) is 0 Å². The number of hydrogen-bond donors (Lipinski definition) is 1. The normalized spacial score (nSPS) is 15.8. The average Bonchev–Trinajstić information content (AvgIpc) is 2.88. The van der Waals surface area contributed by atoms with Gasteiger partial charge < -0.3 is 5.32 Å². The predicted molar refractivity (Wildman–Crippen MR) is 53.0 cm³/mol. The average molecular weight is 217 g/mol. The molecular weight excluding hydrogens is 208 g/mol. The van der Waals surface area contributed by atoms with Crippen molar-refractivity contribution in [2.24, 2.45) is 5.92 Å². The van der Waals surface area contributed by atoms with E-state index in [1.807, 2.05) is 5.38 Å². The quantitative estimate of drug-likeness (QED) is 0.788. The van der Waals surface area contributed by atoms with Crippen molar-refractivity contribution in [3.8, 4) is 0 Å². The van der Waals surface area contributed by atoms with Gasteiger partial charge in [-0.05, 0) is 12.8 Å². The molecule has 1 aliphatic rings. The van der Waals surface area contributed by atoms with E-state index >= 15 is 0 Å². The Morgan fingerprint density at radius 1 is 1.77 bits per heavy atom. The number of rotatable bonds is 3. The maximum atomic E-state index is 11.3. The number of carbonyl (C=O) groups is 1. The van der Waals surface area contributed by atoms with E-state index in [1.165, 1.54) is 11.3 Å². The lowest BCUT2D eigenvalue weighted by Crippen LogP contribution is -2.12. The van der Waals surface area contributed by atoms with Crippen LogP contribution in [-0.4, -0.2) is 10.9 Å². The number of anilines is 1. The summed E-state index contributed by atoms with van der Waals surface area (Å²) in [6.45, 7) is 0. The zero-order valence-electron chi connectivity index (χ0n) is 6.92. The van der Waals surface area contributed by atoms with Gasteiger partial charge >= 0.3 is 0 Å². The molecule has 13 heavy (non-hydrogen) atoms. The van der Waals surface area contributed by atoms with Crippen LogP contribution in [0, 0.1) is 5.92 Å². The molecule has 5 heteroatoms. The van der Waals surface area contributed by atoms with E-state index in [2.05, 4.69) is 10.3 Å². The van der Waals surface area contributed by atoms with Crippen molar-refractivity contribution in [2.75, 3.05) is 5.32 Å². The molecule has 0 bridgehead atoms. The molecule has 0 atom stereocenters. The van der Waals surface area contributed by atoms with E-state index in [4.69, 9.17) is 11.6 Å². The number of nitrogens with one attached hydrogen (secondary N) is 1. The molecule has 1 aromatic rings. The van der Waals surface area contributed by atoms with Gasteiger partial charge in [-0.3, -0.25) is 4.79 Å². The van der Waals surface area contributed by atoms with Gasteiger partial charge in [-0.1, -0.05) is 0 Å². The summed E-state index contributed by atoms with van der Waals surface area (Å²) in [5.74, 6) is 0.717. The van der Waals surface area contributed by atoms with Crippen molar-refractivity contribution in [2.45, 2.75) is 18.7 Å². The molecule has 2 rings (SSSR count).